The summed E-state index contributed by atoms with van der Waals surface area (Å²) >= 11 is 0. The van der Waals surface area contributed by atoms with Crippen LogP contribution in [0.2, 0.25) is 0 Å². The van der Waals surface area contributed by atoms with Crippen molar-refractivity contribution in [1.82, 2.24) is 10.6 Å². The van der Waals surface area contributed by atoms with Crippen LogP contribution in [-0.4, -0.2) is 25.7 Å². The van der Waals surface area contributed by atoms with E-state index in [0.29, 0.717) is 0 Å². The molecule has 0 aromatic heterocycles. The van der Waals surface area contributed by atoms with Gasteiger partial charge in [0.1, 0.15) is 0 Å². The summed E-state index contributed by atoms with van der Waals surface area (Å²) in [5, 5.41) is 7.14. The largest absolute Gasteiger partial charge is 0.315 e. The van der Waals surface area contributed by atoms with Crippen molar-refractivity contribution in [2.24, 2.45) is 5.92 Å². The minimum atomic E-state index is 0.761. The molecule has 1 saturated heterocycles. The minimum Gasteiger partial charge on any atom is -0.315 e. The molecule has 2 fully saturated rings. The van der Waals surface area contributed by atoms with Crippen LogP contribution in [0.4, 0.5) is 0 Å². The van der Waals surface area contributed by atoms with Crippen LogP contribution in [0.15, 0.2) is 0 Å². The van der Waals surface area contributed by atoms with Crippen LogP contribution in [0.25, 0.3) is 0 Å². The van der Waals surface area contributed by atoms with Gasteiger partial charge in [0.2, 0.25) is 0 Å². The van der Waals surface area contributed by atoms with E-state index in [9.17, 15) is 0 Å². The van der Waals surface area contributed by atoms with E-state index in [4.69, 9.17) is 0 Å². The number of hydrogen-bond acceptors (Lipinski definition) is 2. The summed E-state index contributed by atoms with van der Waals surface area (Å²) in [6.45, 7) is 3.66. The van der Waals surface area contributed by atoms with E-state index in [1.807, 2.05) is 0 Å². The van der Waals surface area contributed by atoms with Crippen LogP contribution in [0, 0.1) is 5.92 Å². The smallest absolute Gasteiger partial charge is 0.0192 e. The van der Waals surface area contributed by atoms with Crippen LogP contribution in [0.5, 0.6) is 0 Å². The minimum absolute atomic E-state index is 0.761. The van der Waals surface area contributed by atoms with Crippen molar-refractivity contribution < 1.29 is 0 Å². The molecule has 1 aliphatic heterocycles. The standard InChI is InChI=1S/C13H26N2/c1-2-5-12(6-3-1)8-10-14-11-13-7-4-9-15-13/h12-15H,1-11H2. The molecule has 0 radical (unpaired) electrons. The zero-order chi connectivity index (χ0) is 10.3. The van der Waals surface area contributed by atoms with Gasteiger partial charge in [-0.2, -0.15) is 0 Å². The van der Waals surface area contributed by atoms with E-state index < -0.39 is 0 Å². The van der Waals surface area contributed by atoms with Crippen LogP contribution in [0.3, 0.4) is 0 Å². The molecule has 2 N–H and O–H groups in total. The monoisotopic (exact) mass is 210 g/mol. The van der Waals surface area contributed by atoms with Crippen LogP contribution >= 0.6 is 0 Å². The van der Waals surface area contributed by atoms with Gasteiger partial charge in [-0.15, -0.1) is 0 Å². The second-order valence-corrected chi connectivity index (χ2v) is 5.29. The molecular weight excluding hydrogens is 184 g/mol. The highest BCUT2D eigenvalue weighted by atomic mass is 15.0. The maximum atomic E-state index is 3.61. The predicted molar refractivity (Wildman–Crippen MR) is 65.1 cm³/mol. The predicted octanol–water partition coefficient (Wildman–Crippen LogP) is 2.30. The topological polar surface area (TPSA) is 24.1 Å². The Hall–Kier alpha value is -0.0800. The third kappa shape index (κ3) is 4.12. The van der Waals surface area contributed by atoms with Gasteiger partial charge in [-0.3, -0.25) is 0 Å². The number of nitrogens with one attached hydrogen (secondary N) is 2. The van der Waals surface area contributed by atoms with Gasteiger partial charge in [0.05, 0.1) is 0 Å². The Balaban J connectivity index is 1.47. The summed E-state index contributed by atoms with van der Waals surface area (Å²) in [4.78, 5) is 0. The van der Waals surface area contributed by atoms with Crippen LogP contribution in [-0.2, 0) is 0 Å². The molecule has 2 aliphatic rings. The molecule has 1 aliphatic carbocycles. The normalized spacial score (nSPS) is 28.4. The molecule has 0 bridgehead atoms. The van der Waals surface area contributed by atoms with E-state index in [2.05, 4.69) is 10.6 Å². The summed E-state index contributed by atoms with van der Waals surface area (Å²) in [5.74, 6) is 1.03. The average molecular weight is 210 g/mol. The Kier molecular flexibility index (Phi) is 4.94. The van der Waals surface area contributed by atoms with Crippen molar-refractivity contribution in [3.8, 4) is 0 Å². The maximum Gasteiger partial charge on any atom is 0.0192 e. The first-order valence-corrected chi connectivity index (χ1v) is 6.89. The molecule has 15 heavy (non-hydrogen) atoms. The van der Waals surface area contributed by atoms with Gasteiger partial charge in [0, 0.05) is 12.6 Å². The molecule has 1 heterocycles. The average Bonchev–Trinajstić information content (AvgIpc) is 2.79. The number of hydrogen-bond donors (Lipinski definition) is 2. The van der Waals surface area contributed by atoms with Crippen LogP contribution in [0.1, 0.15) is 51.4 Å². The van der Waals surface area contributed by atoms with Gasteiger partial charge >= 0.3 is 0 Å². The Morgan fingerprint density at radius 2 is 1.87 bits per heavy atom. The summed E-state index contributed by atoms with van der Waals surface area (Å²) in [5.41, 5.74) is 0. The lowest BCUT2D eigenvalue weighted by Gasteiger charge is -2.21. The summed E-state index contributed by atoms with van der Waals surface area (Å²) in [6, 6.07) is 0.761. The van der Waals surface area contributed by atoms with Gasteiger partial charge in [0.25, 0.3) is 0 Å². The fourth-order valence-corrected chi connectivity index (χ4v) is 2.99. The zero-order valence-electron chi connectivity index (χ0n) is 9.93. The second kappa shape index (κ2) is 6.49. The van der Waals surface area contributed by atoms with Crippen molar-refractivity contribution in [2.75, 3.05) is 19.6 Å². The molecule has 2 heteroatoms. The second-order valence-electron chi connectivity index (χ2n) is 5.29. The first-order valence-electron chi connectivity index (χ1n) is 6.89. The Morgan fingerprint density at radius 1 is 1.00 bits per heavy atom. The third-order valence-electron chi connectivity index (χ3n) is 4.01. The summed E-state index contributed by atoms with van der Waals surface area (Å²) < 4.78 is 0. The molecule has 2 rings (SSSR count). The van der Waals surface area contributed by atoms with Gasteiger partial charge in [-0.25, -0.2) is 0 Å². The highest BCUT2D eigenvalue weighted by molar-refractivity contribution is 4.76. The van der Waals surface area contributed by atoms with E-state index in [0.717, 1.165) is 12.0 Å². The molecule has 2 nitrogen and oxygen atoms in total. The quantitative estimate of drug-likeness (QED) is 0.680. The first kappa shape index (κ1) is 11.4. The molecule has 0 amide bonds. The highest BCUT2D eigenvalue weighted by Gasteiger charge is 2.14. The molecule has 0 aromatic rings. The fourth-order valence-electron chi connectivity index (χ4n) is 2.99. The molecule has 1 saturated carbocycles. The maximum absolute atomic E-state index is 3.61. The highest BCUT2D eigenvalue weighted by Crippen LogP contribution is 2.25. The van der Waals surface area contributed by atoms with E-state index >= 15 is 0 Å². The van der Waals surface area contributed by atoms with E-state index in [1.54, 1.807) is 0 Å². The van der Waals surface area contributed by atoms with E-state index in [-0.39, 0.29) is 0 Å². The molecule has 1 atom stereocenters. The summed E-state index contributed by atoms with van der Waals surface area (Å²) in [6.07, 6.45) is 11.6. The Bertz CT molecular complexity index is 158. The fraction of sp³-hybridized carbons (Fsp3) is 1.00. The van der Waals surface area contributed by atoms with Gasteiger partial charge in [0.15, 0.2) is 0 Å². The van der Waals surface area contributed by atoms with Gasteiger partial charge < -0.3 is 10.6 Å². The van der Waals surface area contributed by atoms with Crippen molar-refractivity contribution in [2.45, 2.75) is 57.4 Å². The lowest BCUT2D eigenvalue weighted by Crippen LogP contribution is -2.34. The Morgan fingerprint density at radius 3 is 2.60 bits per heavy atom. The van der Waals surface area contributed by atoms with Crippen molar-refractivity contribution in [3.63, 3.8) is 0 Å². The zero-order valence-corrected chi connectivity index (χ0v) is 9.93. The van der Waals surface area contributed by atoms with Gasteiger partial charge in [-0.1, -0.05) is 32.1 Å². The van der Waals surface area contributed by atoms with Crippen molar-refractivity contribution >= 4 is 0 Å². The Labute approximate surface area is 94.2 Å². The molecule has 0 spiro atoms. The lowest BCUT2D eigenvalue weighted by atomic mass is 9.87. The summed E-state index contributed by atoms with van der Waals surface area (Å²) in [7, 11) is 0. The van der Waals surface area contributed by atoms with Crippen molar-refractivity contribution in [1.29, 1.82) is 0 Å². The van der Waals surface area contributed by atoms with Crippen molar-refractivity contribution in [3.05, 3.63) is 0 Å². The third-order valence-corrected chi connectivity index (χ3v) is 4.01. The number of rotatable bonds is 5. The molecule has 0 aromatic carbocycles. The molecular formula is C13H26N2. The van der Waals surface area contributed by atoms with Crippen LogP contribution < -0.4 is 10.6 Å². The molecule has 1 unspecified atom stereocenters. The van der Waals surface area contributed by atoms with Gasteiger partial charge in [-0.05, 0) is 38.3 Å². The van der Waals surface area contributed by atoms with E-state index in [1.165, 1.54) is 71.0 Å². The molecule has 88 valence electrons. The SMILES string of the molecule is C1CCC(CCNCC2CCCN2)CC1. The first-order chi connectivity index (χ1) is 7.45. The lowest BCUT2D eigenvalue weighted by molar-refractivity contribution is 0.332.